The Kier molecular flexibility index (Phi) is 7.67. The Hall–Kier alpha value is -1.67. The minimum atomic E-state index is -0.0237. The molecule has 0 aliphatic carbocycles. The maximum Gasteiger partial charge on any atom is 0.241 e. The van der Waals surface area contributed by atoms with Crippen LogP contribution in [0.2, 0.25) is 10.0 Å². The van der Waals surface area contributed by atoms with E-state index in [0.29, 0.717) is 53.6 Å². The number of carbonyl (C=O) groups is 1. The van der Waals surface area contributed by atoms with Gasteiger partial charge in [-0.1, -0.05) is 28.4 Å². The van der Waals surface area contributed by atoms with Gasteiger partial charge in [0, 0.05) is 37.4 Å². The van der Waals surface area contributed by atoms with Gasteiger partial charge < -0.3 is 14.6 Å². The van der Waals surface area contributed by atoms with Crippen LogP contribution in [0, 0.1) is 5.92 Å². The van der Waals surface area contributed by atoms with E-state index in [4.69, 9.17) is 32.5 Å². The molecule has 0 bridgehead atoms. The smallest absolute Gasteiger partial charge is 0.241 e. The van der Waals surface area contributed by atoms with E-state index in [2.05, 4.69) is 20.4 Å². The predicted molar refractivity (Wildman–Crippen MR) is 107 cm³/mol. The Balaban J connectivity index is 1.55. The van der Waals surface area contributed by atoms with E-state index in [9.17, 15) is 4.79 Å². The molecule has 152 valence electrons. The van der Waals surface area contributed by atoms with Crippen LogP contribution in [0.3, 0.4) is 0 Å². The molecule has 0 radical (unpaired) electrons. The highest BCUT2D eigenvalue weighted by molar-refractivity contribution is 6.36. The number of piperidine rings is 1. The van der Waals surface area contributed by atoms with Crippen LogP contribution >= 0.6 is 23.2 Å². The summed E-state index contributed by atoms with van der Waals surface area (Å²) in [5.74, 6) is 1.01. The topological polar surface area (TPSA) is 80.5 Å². The van der Waals surface area contributed by atoms with Crippen LogP contribution < -0.4 is 5.32 Å². The Morgan fingerprint density at radius 1 is 1.43 bits per heavy atom. The molecule has 1 atom stereocenters. The van der Waals surface area contributed by atoms with Crippen molar-refractivity contribution in [3.05, 3.63) is 34.1 Å². The molecule has 1 N–H and O–H groups in total. The molecule has 1 unspecified atom stereocenters. The Bertz CT molecular complexity index is 799. The third kappa shape index (κ3) is 5.67. The van der Waals surface area contributed by atoms with Crippen molar-refractivity contribution < 1.29 is 14.1 Å². The molecule has 3 rings (SSSR count). The molecule has 2 aromatic rings. The van der Waals surface area contributed by atoms with Gasteiger partial charge in [0.25, 0.3) is 0 Å². The zero-order valence-electron chi connectivity index (χ0n) is 15.8. The fourth-order valence-corrected chi connectivity index (χ4v) is 3.77. The quantitative estimate of drug-likeness (QED) is 0.651. The van der Waals surface area contributed by atoms with Gasteiger partial charge in [0.15, 0.2) is 0 Å². The van der Waals surface area contributed by atoms with Crippen molar-refractivity contribution in [2.24, 2.45) is 5.92 Å². The molecule has 1 aromatic carbocycles. The number of amides is 1. The summed E-state index contributed by atoms with van der Waals surface area (Å²) < 4.78 is 10.4. The molecule has 7 nitrogen and oxygen atoms in total. The second-order valence-corrected chi connectivity index (χ2v) is 7.69. The molecule has 1 aliphatic rings. The average Bonchev–Trinajstić information content (AvgIpc) is 3.13. The minimum Gasteiger partial charge on any atom is -0.385 e. The second-order valence-electron chi connectivity index (χ2n) is 6.85. The van der Waals surface area contributed by atoms with Crippen molar-refractivity contribution in [1.82, 2.24) is 20.4 Å². The van der Waals surface area contributed by atoms with E-state index in [0.717, 1.165) is 25.8 Å². The number of likely N-dealkylation sites (tertiary alicyclic amines) is 1. The summed E-state index contributed by atoms with van der Waals surface area (Å²) in [6, 6.07) is 5.15. The van der Waals surface area contributed by atoms with Crippen molar-refractivity contribution in [3.63, 3.8) is 0 Å². The Morgan fingerprint density at radius 2 is 2.29 bits per heavy atom. The average molecular weight is 427 g/mol. The summed E-state index contributed by atoms with van der Waals surface area (Å²) in [6.07, 6.45) is 2.67. The van der Waals surface area contributed by atoms with Gasteiger partial charge in [-0.3, -0.25) is 9.69 Å². The number of ether oxygens (including phenoxy) is 1. The number of benzene rings is 1. The normalized spacial score (nSPS) is 17.6. The first-order valence-electron chi connectivity index (χ1n) is 9.34. The summed E-state index contributed by atoms with van der Waals surface area (Å²) in [5, 5.41) is 8.04. The van der Waals surface area contributed by atoms with Crippen molar-refractivity contribution in [2.45, 2.75) is 25.8 Å². The van der Waals surface area contributed by atoms with Crippen LogP contribution in [0.15, 0.2) is 22.7 Å². The number of carbonyl (C=O) groups excluding carboxylic acids is 1. The highest BCUT2D eigenvalue weighted by atomic mass is 35.5. The van der Waals surface area contributed by atoms with Gasteiger partial charge in [-0.25, -0.2) is 0 Å². The fourth-order valence-electron chi connectivity index (χ4n) is 3.28. The molecule has 9 heteroatoms. The van der Waals surface area contributed by atoms with E-state index in [1.165, 1.54) is 0 Å². The number of halogens is 2. The monoisotopic (exact) mass is 426 g/mol. The van der Waals surface area contributed by atoms with E-state index in [-0.39, 0.29) is 11.8 Å². The van der Waals surface area contributed by atoms with Gasteiger partial charge in [0.05, 0.1) is 17.5 Å². The van der Waals surface area contributed by atoms with Crippen molar-refractivity contribution >= 4 is 29.1 Å². The highest BCUT2D eigenvalue weighted by Gasteiger charge is 2.26. The second kappa shape index (κ2) is 10.2. The summed E-state index contributed by atoms with van der Waals surface area (Å²) >= 11 is 12.1. The predicted octanol–water partition coefficient (Wildman–Crippen LogP) is 3.41. The lowest BCUT2D eigenvalue weighted by molar-refractivity contribution is -0.126. The summed E-state index contributed by atoms with van der Waals surface area (Å²) in [7, 11) is 1.66. The fraction of sp³-hybridized carbons (Fsp3) is 0.526. The van der Waals surface area contributed by atoms with Crippen LogP contribution in [0.5, 0.6) is 0 Å². The maximum atomic E-state index is 12.4. The third-order valence-corrected chi connectivity index (χ3v) is 5.25. The standard InChI is InChI=1S/C19H24Cl2N4O3/c1-27-9-3-7-22-19(26)13-4-2-8-25(11-13)12-17-23-18(24-28-17)15-6-5-14(20)10-16(15)21/h5-6,10,13H,2-4,7-9,11-12H2,1H3,(H,22,26). The molecule has 1 aromatic heterocycles. The summed E-state index contributed by atoms with van der Waals surface area (Å²) in [5.41, 5.74) is 0.674. The van der Waals surface area contributed by atoms with Gasteiger partial charge >= 0.3 is 0 Å². The number of methoxy groups -OCH3 is 1. The van der Waals surface area contributed by atoms with Gasteiger partial charge in [-0.2, -0.15) is 4.98 Å². The SMILES string of the molecule is COCCCNC(=O)C1CCCN(Cc2nc(-c3ccc(Cl)cc3Cl)no2)C1. The van der Waals surface area contributed by atoms with Crippen molar-refractivity contribution in [2.75, 3.05) is 33.4 Å². The van der Waals surface area contributed by atoms with Crippen LogP contribution in [-0.4, -0.2) is 54.3 Å². The molecule has 0 spiro atoms. The minimum absolute atomic E-state index is 0.0237. The zero-order chi connectivity index (χ0) is 19.9. The van der Waals surface area contributed by atoms with Gasteiger partial charge in [0.1, 0.15) is 0 Å². The summed E-state index contributed by atoms with van der Waals surface area (Å²) in [4.78, 5) is 19.0. The lowest BCUT2D eigenvalue weighted by Crippen LogP contribution is -2.43. The van der Waals surface area contributed by atoms with Crippen LogP contribution in [0.1, 0.15) is 25.2 Å². The third-order valence-electron chi connectivity index (χ3n) is 4.70. The molecule has 1 fully saturated rings. The zero-order valence-corrected chi connectivity index (χ0v) is 17.3. The Labute approximate surface area is 174 Å². The highest BCUT2D eigenvalue weighted by Crippen LogP contribution is 2.28. The number of nitrogens with zero attached hydrogens (tertiary/aromatic N) is 3. The number of hydrogen-bond acceptors (Lipinski definition) is 6. The molecule has 1 amide bonds. The number of nitrogens with one attached hydrogen (secondary N) is 1. The molecule has 0 saturated carbocycles. The molecule has 1 aliphatic heterocycles. The molecular formula is C19H24Cl2N4O3. The first kappa shape index (κ1) is 21.0. The lowest BCUT2D eigenvalue weighted by atomic mass is 9.97. The molecule has 2 heterocycles. The van der Waals surface area contributed by atoms with E-state index in [1.807, 2.05) is 0 Å². The van der Waals surface area contributed by atoms with E-state index < -0.39 is 0 Å². The first-order chi connectivity index (χ1) is 13.6. The van der Waals surface area contributed by atoms with Crippen LogP contribution in [-0.2, 0) is 16.1 Å². The van der Waals surface area contributed by atoms with Gasteiger partial charge in [-0.05, 0) is 44.0 Å². The van der Waals surface area contributed by atoms with E-state index in [1.54, 1.807) is 25.3 Å². The number of aromatic nitrogens is 2. The maximum absolute atomic E-state index is 12.4. The van der Waals surface area contributed by atoms with Crippen LogP contribution in [0.25, 0.3) is 11.4 Å². The van der Waals surface area contributed by atoms with E-state index >= 15 is 0 Å². The molecule has 1 saturated heterocycles. The first-order valence-corrected chi connectivity index (χ1v) is 10.1. The van der Waals surface area contributed by atoms with Crippen molar-refractivity contribution in [3.8, 4) is 11.4 Å². The molecule has 28 heavy (non-hydrogen) atoms. The van der Waals surface area contributed by atoms with Gasteiger partial charge in [0.2, 0.25) is 17.6 Å². The molecular weight excluding hydrogens is 403 g/mol. The Morgan fingerprint density at radius 3 is 3.07 bits per heavy atom. The van der Waals surface area contributed by atoms with Gasteiger partial charge in [-0.15, -0.1) is 0 Å². The van der Waals surface area contributed by atoms with Crippen LogP contribution in [0.4, 0.5) is 0 Å². The lowest BCUT2D eigenvalue weighted by Gasteiger charge is -2.30. The summed E-state index contributed by atoms with van der Waals surface area (Å²) in [6.45, 7) is 3.36. The number of rotatable bonds is 8. The van der Waals surface area contributed by atoms with Crippen molar-refractivity contribution in [1.29, 1.82) is 0 Å². The number of hydrogen-bond donors (Lipinski definition) is 1. The largest absolute Gasteiger partial charge is 0.385 e.